The van der Waals surface area contributed by atoms with E-state index in [4.69, 9.17) is 0 Å². The number of hydrogen-bond donors (Lipinski definition) is 1. The van der Waals surface area contributed by atoms with Gasteiger partial charge in [0.2, 0.25) is 0 Å². The van der Waals surface area contributed by atoms with Gasteiger partial charge in [-0.2, -0.15) is 0 Å². The maximum absolute atomic E-state index is 13.0. The number of benzene rings is 1. The molecule has 0 aliphatic carbocycles. The van der Waals surface area contributed by atoms with Crippen LogP contribution in [0.15, 0.2) is 18.2 Å². The van der Waals surface area contributed by atoms with Crippen LogP contribution in [0.4, 0.5) is 4.39 Å². The molecule has 1 fully saturated rings. The smallest absolute Gasteiger partial charge is 0.126 e. The second-order valence-corrected chi connectivity index (χ2v) is 5.32. The fourth-order valence-corrected chi connectivity index (χ4v) is 2.92. The van der Waals surface area contributed by atoms with E-state index >= 15 is 0 Å². The Kier molecular flexibility index (Phi) is 4.23. The Morgan fingerprint density at radius 3 is 2.83 bits per heavy atom. The molecule has 1 N–H and O–H groups in total. The van der Waals surface area contributed by atoms with Crippen LogP contribution in [-0.2, 0) is 0 Å². The summed E-state index contributed by atoms with van der Waals surface area (Å²) in [6, 6.07) is 4.99. The summed E-state index contributed by atoms with van der Waals surface area (Å²) in [4.78, 5) is 2.42. The van der Waals surface area contributed by atoms with Crippen LogP contribution < -0.4 is 0 Å². The van der Waals surface area contributed by atoms with E-state index in [1.54, 1.807) is 6.07 Å². The Labute approximate surface area is 108 Å². The second kappa shape index (κ2) is 5.70. The van der Waals surface area contributed by atoms with Crippen LogP contribution in [-0.4, -0.2) is 22.6 Å². The van der Waals surface area contributed by atoms with Gasteiger partial charge in [-0.3, -0.25) is 4.90 Å². The van der Waals surface area contributed by atoms with E-state index in [-0.39, 0.29) is 17.6 Å². The number of phenols is 1. The summed E-state index contributed by atoms with van der Waals surface area (Å²) in [5.41, 5.74) is 0.824. The molecule has 0 amide bonds. The second-order valence-electron chi connectivity index (χ2n) is 5.32. The van der Waals surface area contributed by atoms with Gasteiger partial charge in [0, 0.05) is 23.7 Å². The molecule has 1 heterocycles. The van der Waals surface area contributed by atoms with Gasteiger partial charge in [-0.25, -0.2) is 4.39 Å². The van der Waals surface area contributed by atoms with Crippen LogP contribution in [0.5, 0.6) is 5.75 Å². The monoisotopic (exact) mass is 251 g/mol. The first-order valence-electron chi connectivity index (χ1n) is 6.83. The first kappa shape index (κ1) is 13.3. The molecule has 0 saturated carbocycles. The van der Waals surface area contributed by atoms with Crippen molar-refractivity contribution < 1.29 is 9.50 Å². The van der Waals surface area contributed by atoms with E-state index in [0.29, 0.717) is 6.04 Å². The van der Waals surface area contributed by atoms with Crippen LogP contribution >= 0.6 is 0 Å². The van der Waals surface area contributed by atoms with Gasteiger partial charge in [-0.15, -0.1) is 0 Å². The molecule has 1 saturated heterocycles. The highest BCUT2D eigenvalue weighted by Crippen LogP contribution is 2.32. The van der Waals surface area contributed by atoms with Gasteiger partial charge in [-0.05, 0) is 39.3 Å². The van der Waals surface area contributed by atoms with E-state index in [1.807, 2.05) is 0 Å². The molecule has 2 nitrogen and oxygen atoms in total. The molecule has 0 radical (unpaired) electrons. The standard InChI is InChI=1S/C15H22FNO/c1-11-6-4-3-5-9-17(11)12(2)14-8-7-13(16)10-15(14)18/h7-8,10-12,18H,3-6,9H2,1-2H3. The van der Waals surface area contributed by atoms with Crippen molar-refractivity contribution >= 4 is 0 Å². The summed E-state index contributed by atoms with van der Waals surface area (Å²) >= 11 is 0. The average Bonchev–Trinajstić information content (AvgIpc) is 2.53. The molecule has 100 valence electrons. The third-order valence-corrected chi connectivity index (χ3v) is 4.04. The lowest BCUT2D eigenvalue weighted by molar-refractivity contribution is 0.155. The zero-order chi connectivity index (χ0) is 13.1. The lowest BCUT2D eigenvalue weighted by Gasteiger charge is -2.33. The maximum Gasteiger partial charge on any atom is 0.126 e. The predicted octanol–water partition coefficient (Wildman–Crippen LogP) is 3.86. The molecule has 3 heteroatoms. The molecule has 0 aromatic heterocycles. The summed E-state index contributed by atoms with van der Waals surface area (Å²) in [6.45, 7) is 5.39. The quantitative estimate of drug-likeness (QED) is 0.862. The third kappa shape index (κ3) is 2.83. The highest BCUT2D eigenvalue weighted by molar-refractivity contribution is 5.35. The van der Waals surface area contributed by atoms with Crippen molar-refractivity contribution in [3.8, 4) is 5.75 Å². The minimum atomic E-state index is -0.382. The van der Waals surface area contributed by atoms with Gasteiger partial charge in [-0.1, -0.05) is 18.9 Å². The van der Waals surface area contributed by atoms with Crippen LogP contribution in [0.25, 0.3) is 0 Å². The number of hydrogen-bond acceptors (Lipinski definition) is 2. The van der Waals surface area contributed by atoms with Crippen LogP contribution in [0.2, 0.25) is 0 Å². The average molecular weight is 251 g/mol. The Morgan fingerprint density at radius 1 is 1.33 bits per heavy atom. The molecule has 1 aromatic carbocycles. The molecule has 1 aliphatic rings. The van der Waals surface area contributed by atoms with Crippen molar-refractivity contribution in [2.45, 2.75) is 51.6 Å². The van der Waals surface area contributed by atoms with Crippen LogP contribution in [0, 0.1) is 5.82 Å². The first-order chi connectivity index (χ1) is 8.59. The Hall–Kier alpha value is -1.09. The topological polar surface area (TPSA) is 23.5 Å². The van der Waals surface area contributed by atoms with Gasteiger partial charge in [0.05, 0.1) is 0 Å². The number of aromatic hydroxyl groups is 1. The van der Waals surface area contributed by atoms with Gasteiger partial charge in [0.15, 0.2) is 0 Å². The minimum Gasteiger partial charge on any atom is -0.508 e. The Bertz CT molecular complexity index is 407. The summed E-state index contributed by atoms with van der Waals surface area (Å²) in [6.07, 6.45) is 4.96. The van der Waals surface area contributed by atoms with E-state index < -0.39 is 0 Å². The number of likely N-dealkylation sites (tertiary alicyclic amines) is 1. The molecule has 2 rings (SSSR count). The lowest BCUT2D eigenvalue weighted by atomic mass is 10.0. The van der Waals surface area contributed by atoms with Crippen molar-refractivity contribution in [3.63, 3.8) is 0 Å². The third-order valence-electron chi connectivity index (χ3n) is 4.04. The zero-order valence-corrected chi connectivity index (χ0v) is 11.2. The largest absolute Gasteiger partial charge is 0.508 e. The van der Waals surface area contributed by atoms with Crippen molar-refractivity contribution in [2.75, 3.05) is 6.54 Å². The maximum atomic E-state index is 13.0. The van der Waals surface area contributed by atoms with Gasteiger partial charge in [0.25, 0.3) is 0 Å². The van der Waals surface area contributed by atoms with Crippen molar-refractivity contribution in [3.05, 3.63) is 29.6 Å². The minimum absolute atomic E-state index is 0.0685. The lowest BCUT2D eigenvalue weighted by Crippen LogP contribution is -2.35. The summed E-state index contributed by atoms with van der Waals surface area (Å²) in [5.74, 6) is -0.314. The van der Waals surface area contributed by atoms with Gasteiger partial charge < -0.3 is 5.11 Å². The molecule has 0 bridgehead atoms. The van der Waals surface area contributed by atoms with Crippen molar-refractivity contribution in [1.29, 1.82) is 0 Å². The van der Waals surface area contributed by atoms with Gasteiger partial charge in [0.1, 0.15) is 11.6 Å². The molecular weight excluding hydrogens is 229 g/mol. The zero-order valence-electron chi connectivity index (χ0n) is 11.2. The Balaban J connectivity index is 2.20. The molecule has 2 unspecified atom stereocenters. The van der Waals surface area contributed by atoms with Gasteiger partial charge >= 0.3 is 0 Å². The molecule has 18 heavy (non-hydrogen) atoms. The predicted molar refractivity (Wildman–Crippen MR) is 71.1 cm³/mol. The highest BCUT2D eigenvalue weighted by Gasteiger charge is 2.24. The van der Waals surface area contributed by atoms with Crippen molar-refractivity contribution in [2.24, 2.45) is 0 Å². The SMILES string of the molecule is CC1CCCCCN1C(C)c1ccc(F)cc1O. The number of nitrogens with zero attached hydrogens (tertiary/aromatic N) is 1. The summed E-state index contributed by atoms with van der Waals surface area (Å²) < 4.78 is 13.0. The summed E-state index contributed by atoms with van der Waals surface area (Å²) in [7, 11) is 0. The van der Waals surface area contributed by atoms with E-state index in [2.05, 4.69) is 18.7 Å². The molecule has 1 aliphatic heterocycles. The summed E-state index contributed by atoms with van der Waals surface area (Å²) in [5, 5.41) is 9.88. The highest BCUT2D eigenvalue weighted by atomic mass is 19.1. The van der Waals surface area contributed by atoms with E-state index in [1.165, 1.54) is 37.8 Å². The fraction of sp³-hybridized carbons (Fsp3) is 0.600. The Morgan fingerprint density at radius 2 is 2.11 bits per heavy atom. The number of halogens is 1. The normalized spacial score (nSPS) is 23.6. The first-order valence-corrected chi connectivity index (χ1v) is 6.83. The van der Waals surface area contributed by atoms with E-state index in [9.17, 15) is 9.50 Å². The van der Waals surface area contributed by atoms with Crippen LogP contribution in [0.3, 0.4) is 0 Å². The fourth-order valence-electron chi connectivity index (χ4n) is 2.92. The number of rotatable bonds is 2. The molecule has 0 spiro atoms. The molecule has 2 atom stereocenters. The number of phenolic OH excluding ortho intramolecular Hbond substituents is 1. The van der Waals surface area contributed by atoms with Crippen molar-refractivity contribution in [1.82, 2.24) is 4.90 Å². The van der Waals surface area contributed by atoms with Crippen LogP contribution in [0.1, 0.15) is 51.1 Å². The van der Waals surface area contributed by atoms with E-state index in [0.717, 1.165) is 12.1 Å². The molecular formula is C15H22FNO. The molecule has 1 aromatic rings.